The van der Waals surface area contributed by atoms with Crippen molar-refractivity contribution in [1.29, 1.82) is 0 Å². The van der Waals surface area contributed by atoms with Crippen LogP contribution in [0, 0.1) is 5.92 Å². The molecule has 0 unspecified atom stereocenters. The van der Waals surface area contributed by atoms with Gasteiger partial charge in [-0.15, -0.1) is 11.3 Å². The van der Waals surface area contributed by atoms with Gasteiger partial charge >= 0.3 is 0 Å². The Hall–Kier alpha value is -4.56. The number of piperidine rings is 1. The number of amides is 2. The summed E-state index contributed by atoms with van der Waals surface area (Å²) in [7, 11) is 0. The van der Waals surface area contributed by atoms with Gasteiger partial charge in [0.25, 0.3) is 17.8 Å². The van der Waals surface area contributed by atoms with E-state index in [0.717, 1.165) is 29.7 Å². The summed E-state index contributed by atoms with van der Waals surface area (Å²) in [5.74, 6) is -0.153. The minimum absolute atomic E-state index is 0.0929. The van der Waals surface area contributed by atoms with Gasteiger partial charge in [-0.3, -0.25) is 14.8 Å². The number of carbonyl (C=O) groups excluding carboxylic acids is 2. The molecule has 5 heterocycles. The normalized spacial score (nSPS) is 14.4. The number of nitrogen functional groups attached to an aromatic ring is 2. The molecule has 1 aliphatic heterocycles. The number of nitrogens with two attached hydrogens (primary N) is 2. The molecule has 6 rings (SSSR count). The number of hydrogen-bond donors (Lipinski definition) is 4. The van der Waals surface area contributed by atoms with E-state index >= 15 is 0 Å². The SMILES string of the molecule is Nc1nc2cc(-c3nn(CC4CCN(C(=O)c5ccc(C(=O)NO)s5)CC4)c4ncnc(N)c34)ccc2o1. The van der Waals surface area contributed by atoms with E-state index in [-0.39, 0.29) is 22.7 Å². The molecule has 38 heavy (non-hydrogen) atoms. The second-order valence-corrected chi connectivity index (χ2v) is 10.1. The molecule has 0 atom stereocenters. The summed E-state index contributed by atoms with van der Waals surface area (Å²) in [6, 6.07) is 8.73. The minimum atomic E-state index is -0.631. The van der Waals surface area contributed by atoms with Crippen LogP contribution >= 0.6 is 11.3 Å². The molecule has 194 valence electrons. The molecule has 1 fully saturated rings. The average molecular weight is 534 g/mol. The standard InChI is InChI=1S/C24H23N9O4S/c25-20-18-19(13-1-2-15-14(9-13)29-24(26)37-15)30-33(21(18)28-11-27-20)10-12-5-7-32(8-6-12)23(35)17-4-3-16(38-17)22(34)31-36/h1-4,9,11-12,36H,5-8,10H2,(H2,26,29)(H,31,34)(H2,25,27,28). The third-order valence-corrected chi connectivity index (χ3v) is 7.78. The van der Waals surface area contributed by atoms with E-state index in [1.54, 1.807) is 22.5 Å². The van der Waals surface area contributed by atoms with Crippen LogP contribution in [0.1, 0.15) is 32.2 Å². The van der Waals surface area contributed by atoms with Gasteiger partial charge in [0, 0.05) is 25.2 Å². The zero-order valence-corrected chi connectivity index (χ0v) is 20.8. The van der Waals surface area contributed by atoms with Crippen molar-refractivity contribution in [1.82, 2.24) is 35.1 Å². The van der Waals surface area contributed by atoms with Crippen molar-refractivity contribution >= 4 is 57.1 Å². The molecule has 1 aliphatic rings. The minimum Gasteiger partial charge on any atom is -0.424 e. The predicted octanol–water partition coefficient (Wildman–Crippen LogP) is 2.53. The van der Waals surface area contributed by atoms with Crippen molar-refractivity contribution in [2.24, 2.45) is 5.92 Å². The molecule has 0 radical (unpaired) electrons. The Kier molecular flexibility index (Phi) is 5.88. The number of anilines is 2. The predicted molar refractivity (Wildman–Crippen MR) is 139 cm³/mol. The highest BCUT2D eigenvalue weighted by Gasteiger charge is 2.27. The summed E-state index contributed by atoms with van der Waals surface area (Å²) in [6.07, 6.45) is 2.99. The number of rotatable bonds is 5. The fourth-order valence-corrected chi connectivity index (χ4v) is 5.67. The maximum absolute atomic E-state index is 12.9. The number of nitrogens with one attached hydrogen (secondary N) is 1. The second-order valence-electron chi connectivity index (χ2n) is 9.06. The molecule has 0 bridgehead atoms. The van der Waals surface area contributed by atoms with E-state index in [2.05, 4.69) is 15.0 Å². The number of thiophene rings is 1. The Bertz CT molecular complexity index is 1680. The number of hydrogen-bond acceptors (Lipinski definition) is 11. The summed E-state index contributed by atoms with van der Waals surface area (Å²) in [5.41, 5.74) is 16.8. The van der Waals surface area contributed by atoms with Gasteiger partial charge < -0.3 is 20.8 Å². The number of oxazole rings is 1. The number of aromatic nitrogens is 5. The monoisotopic (exact) mass is 533 g/mol. The van der Waals surface area contributed by atoms with Crippen LogP contribution in [0.3, 0.4) is 0 Å². The quantitative estimate of drug-likeness (QED) is 0.193. The Morgan fingerprint density at radius 3 is 2.71 bits per heavy atom. The lowest BCUT2D eigenvalue weighted by molar-refractivity contribution is 0.0686. The lowest BCUT2D eigenvalue weighted by atomic mass is 9.96. The molecule has 14 heteroatoms. The smallest absolute Gasteiger partial charge is 0.292 e. The van der Waals surface area contributed by atoms with Crippen LogP contribution in [-0.4, -0.2) is 59.7 Å². The van der Waals surface area contributed by atoms with Crippen LogP contribution in [0.2, 0.25) is 0 Å². The third kappa shape index (κ3) is 4.18. The van der Waals surface area contributed by atoms with E-state index in [9.17, 15) is 9.59 Å². The van der Waals surface area contributed by atoms with Gasteiger partial charge in [-0.05, 0) is 49.1 Å². The number of nitrogens with zero attached hydrogens (tertiary/aromatic N) is 6. The number of carbonyl (C=O) groups is 2. The van der Waals surface area contributed by atoms with E-state index < -0.39 is 5.91 Å². The van der Waals surface area contributed by atoms with Gasteiger partial charge in [0.2, 0.25) is 0 Å². The van der Waals surface area contributed by atoms with Crippen molar-refractivity contribution in [2.75, 3.05) is 24.6 Å². The Morgan fingerprint density at radius 1 is 1.13 bits per heavy atom. The number of fused-ring (bicyclic) bond motifs is 2. The summed E-state index contributed by atoms with van der Waals surface area (Å²) in [6.45, 7) is 1.76. The van der Waals surface area contributed by atoms with Crippen molar-refractivity contribution in [3.05, 3.63) is 46.4 Å². The van der Waals surface area contributed by atoms with Gasteiger partial charge in [-0.25, -0.2) is 20.1 Å². The summed E-state index contributed by atoms with van der Waals surface area (Å²) in [5, 5.41) is 14.3. The first-order valence-electron chi connectivity index (χ1n) is 11.9. The van der Waals surface area contributed by atoms with E-state index in [4.69, 9.17) is 26.2 Å². The molecule has 0 spiro atoms. The number of likely N-dealkylation sites (tertiary alicyclic amines) is 1. The molecule has 0 aliphatic carbocycles. The van der Waals surface area contributed by atoms with Crippen molar-refractivity contribution < 1.29 is 19.2 Å². The summed E-state index contributed by atoms with van der Waals surface area (Å²) < 4.78 is 7.24. The Morgan fingerprint density at radius 2 is 1.92 bits per heavy atom. The van der Waals surface area contributed by atoms with Crippen LogP contribution in [0.4, 0.5) is 11.8 Å². The molecule has 6 N–H and O–H groups in total. The first-order chi connectivity index (χ1) is 18.4. The van der Waals surface area contributed by atoms with E-state index in [1.807, 2.05) is 16.8 Å². The Balaban J connectivity index is 1.21. The highest BCUT2D eigenvalue weighted by Crippen LogP contribution is 2.33. The van der Waals surface area contributed by atoms with Gasteiger partial charge in [0.1, 0.15) is 23.4 Å². The maximum Gasteiger partial charge on any atom is 0.292 e. The van der Waals surface area contributed by atoms with Crippen molar-refractivity contribution in [3.8, 4) is 11.3 Å². The van der Waals surface area contributed by atoms with Crippen molar-refractivity contribution in [2.45, 2.75) is 19.4 Å². The molecule has 1 aromatic carbocycles. The lowest BCUT2D eigenvalue weighted by Gasteiger charge is -2.31. The summed E-state index contributed by atoms with van der Waals surface area (Å²) >= 11 is 1.06. The first-order valence-corrected chi connectivity index (χ1v) is 12.7. The molecule has 13 nitrogen and oxygen atoms in total. The molecule has 1 saturated heterocycles. The topological polar surface area (TPSA) is 191 Å². The van der Waals surface area contributed by atoms with Crippen LogP contribution in [-0.2, 0) is 6.54 Å². The van der Waals surface area contributed by atoms with Gasteiger partial charge in [-0.2, -0.15) is 10.1 Å². The highest BCUT2D eigenvalue weighted by atomic mass is 32.1. The molecule has 5 aromatic rings. The maximum atomic E-state index is 12.9. The van der Waals surface area contributed by atoms with E-state index in [1.165, 1.54) is 12.4 Å². The van der Waals surface area contributed by atoms with Crippen LogP contribution < -0.4 is 16.9 Å². The second kappa shape index (κ2) is 9.39. The largest absolute Gasteiger partial charge is 0.424 e. The summed E-state index contributed by atoms with van der Waals surface area (Å²) in [4.78, 5) is 39.9. The molecule has 2 amide bonds. The van der Waals surface area contributed by atoms with Crippen LogP contribution in [0.15, 0.2) is 41.1 Å². The first kappa shape index (κ1) is 23.8. The third-order valence-electron chi connectivity index (χ3n) is 6.71. The van der Waals surface area contributed by atoms with Crippen LogP contribution in [0.25, 0.3) is 33.4 Å². The molecule has 0 saturated carbocycles. The highest BCUT2D eigenvalue weighted by molar-refractivity contribution is 7.15. The number of hydroxylamine groups is 1. The van der Waals surface area contributed by atoms with Gasteiger partial charge in [-0.1, -0.05) is 0 Å². The van der Waals surface area contributed by atoms with Crippen LogP contribution in [0.5, 0.6) is 0 Å². The molecule has 4 aromatic heterocycles. The molecular formula is C24H23N9O4S. The fraction of sp³-hybridized carbons (Fsp3) is 0.250. The lowest BCUT2D eigenvalue weighted by Crippen LogP contribution is -2.39. The zero-order chi connectivity index (χ0) is 26.4. The van der Waals surface area contributed by atoms with Gasteiger partial charge in [0.05, 0.1) is 15.1 Å². The fourth-order valence-electron chi connectivity index (χ4n) is 4.80. The van der Waals surface area contributed by atoms with Crippen molar-refractivity contribution in [3.63, 3.8) is 0 Å². The van der Waals surface area contributed by atoms with Gasteiger partial charge in [0.15, 0.2) is 11.2 Å². The zero-order valence-electron chi connectivity index (χ0n) is 20.0. The number of benzene rings is 1. The van der Waals surface area contributed by atoms with E-state index in [0.29, 0.717) is 58.2 Å². The Labute approximate surface area is 219 Å². The average Bonchev–Trinajstić information content (AvgIpc) is 3.65. The molecular weight excluding hydrogens is 510 g/mol.